The van der Waals surface area contributed by atoms with E-state index in [1.165, 1.54) is 14.2 Å². The topological polar surface area (TPSA) is 118 Å². The zero-order valence-corrected chi connectivity index (χ0v) is 22.1. The van der Waals surface area contributed by atoms with Crippen LogP contribution in [-0.4, -0.2) is 37.5 Å². The number of carboxylic acid groups (broad SMARTS) is 1. The van der Waals surface area contributed by atoms with E-state index in [-0.39, 0.29) is 6.42 Å². The fourth-order valence-electron chi connectivity index (χ4n) is 3.24. The van der Waals surface area contributed by atoms with Gasteiger partial charge >= 0.3 is 21.4 Å². The lowest BCUT2D eigenvalue weighted by atomic mass is 9.78. The molecular weight excluding hydrogens is 458 g/mol. The van der Waals surface area contributed by atoms with Gasteiger partial charge in [-0.1, -0.05) is 37.6 Å². The van der Waals surface area contributed by atoms with E-state index in [1.54, 1.807) is 59.7 Å². The van der Waals surface area contributed by atoms with Crippen LogP contribution in [0.4, 0.5) is 0 Å². The highest BCUT2D eigenvalue weighted by Crippen LogP contribution is 2.68. The summed E-state index contributed by atoms with van der Waals surface area (Å²) in [6.07, 6.45) is -1.25. The van der Waals surface area contributed by atoms with Crippen molar-refractivity contribution >= 4 is 21.4 Å². The summed E-state index contributed by atoms with van der Waals surface area (Å²) in [5.41, 5.74) is 0.755. The molecule has 1 unspecified atom stereocenters. The second kappa shape index (κ2) is 11.4. The van der Waals surface area contributed by atoms with Crippen LogP contribution >= 0.6 is 15.4 Å². The summed E-state index contributed by atoms with van der Waals surface area (Å²) in [6, 6.07) is 5.22. The molecule has 11 heteroatoms. The number of hydrogen-bond acceptors (Lipinski definition) is 8. The van der Waals surface area contributed by atoms with Crippen LogP contribution in [0.2, 0.25) is 0 Å². The minimum absolute atomic E-state index is 0.206. The molecule has 32 heavy (non-hydrogen) atoms. The first-order valence-electron chi connectivity index (χ1n) is 10.3. The van der Waals surface area contributed by atoms with Crippen LogP contribution < -0.4 is 0 Å². The monoisotopic (exact) mass is 494 g/mol. The molecule has 0 aliphatic rings. The summed E-state index contributed by atoms with van der Waals surface area (Å²) < 4.78 is 54.4. The summed E-state index contributed by atoms with van der Waals surface area (Å²) in [4.78, 5) is 11.5. The highest BCUT2D eigenvalue weighted by atomic mass is 31.2. The van der Waals surface area contributed by atoms with Crippen molar-refractivity contribution in [1.82, 2.24) is 0 Å². The van der Waals surface area contributed by atoms with Crippen molar-refractivity contribution in [3.8, 4) is 0 Å². The van der Waals surface area contributed by atoms with E-state index < -0.39 is 44.9 Å². The first-order valence-corrected chi connectivity index (χ1v) is 13.4. The highest BCUT2D eigenvalue weighted by molar-refractivity contribution is 7.55. The van der Waals surface area contributed by atoms with E-state index in [0.29, 0.717) is 11.1 Å². The Kier molecular flexibility index (Phi) is 10.3. The summed E-state index contributed by atoms with van der Waals surface area (Å²) in [5.74, 6) is -2.50. The largest absolute Gasteiger partial charge is 0.481 e. The fourth-order valence-corrected chi connectivity index (χ4v) is 6.67. The smallest absolute Gasteiger partial charge is 0.476 e. The van der Waals surface area contributed by atoms with Gasteiger partial charge in [0.25, 0.3) is 0 Å². The lowest BCUT2D eigenvalue weighted by Crippen LogP contribution is -2.25. The predicted octanol–water partition coefficient (Wildman–Crippen LogP) is 6.21. The van der Waals surface area contributed by atoms with Crippen molar-refractivity contribution in [2.45, 2.75) is 78.4 Å². The van der Waals surface area contributed by atoms with Gasteiger partial charge in [0.1, 0.15) is 0 Å². The lowest BCUT2D eigenvalue weighted by molar-refractivity contribution is -0.138. The molecule has 0 amide bonds. The van der Waals surface area contributed by atoms with Crippen molar-refractivity contribution in [1.29, 1.82) is 0 Å². The van der Waals surface area contributed by atoms with Crippen molar-refractivity contribution in [3.63, 3.8) is 0 Å². The number of carbonyl (C=O) groups is 1. The second-order valence-corrected chi connectivity index (χ2v) is 12.5. The van der Waals surface area contributed by atoms with E-state index in [4.69, 9.17) is 22.6 Å². The predicted molar refractivity (Wildman–Crippen MR) is 122 cm³/mol. The number of aliphatic carboxylic acids is 1. The number of carboxylic acids is 1. The Morgan fingerprint density at radius 1 is 1.00 bits per heavy atom. The zero-order valence-electron chi connectivity index (χ0n) is 20.3. The van der Waals surface area contributed by atoms with Gasteiger partial charge in [0, 0.05) is 19.6 Å². The molecule has 0 aromatic heterocycles. The molecule has 0 saturated heterocycles. The number of hydrogen-bond donors (Lipinski definition) is 1. The molecule has 9 nitrogen and oxygen atoms in total. The van der Waals surface area contributed by atoms with Crippen LogP contribution in [0.5, 0.6) is 0 Å². The Labute approximate surface area is 190 Å². The van der Waals surface area contributed by atoms with Gasteiger partial charge in [0.2, 0.25) is 0 Å². The van der Waals surface area contributed by atoms with Gasteiger partial charge in [-0.25, -0.2) is 4.57 Å². The van der Waals surface area contributed by atoms with Crippen LogP contribution in [0.1, 0.15) is 70.5 Å². The maximum atomic E-state index is 13.6. The molecule has 0 aliphatic heterocycles. The van der Waals surface area contributed by atoms with Gasteiger partial charge in [-0.2, -0.15) is 0 Å². The van der Waals surface area contributed by atoms with Gasteiger partial charge in [0.05, 0.1) is 18.6 Å². The minimum Gasteiger partial charge on any atom is -0.481 e. The van der Waals surface area contributed by atoms with Crippen LogP contribution in [0, 0.1) is 6.92 Å². The van der Waals surface area contributed by atoms with Crippen LogP contribution in [0.15, 0.2) is 18.2 Å². The number of rotatable bonds is 13. The molecule has 0 fully saturated rings. The molecule has 0 spiro atoms. The number of phosphoric acid groups is 1. The number of aryl methyl sites for hydroxylation is 1. The van der Waals surface area contributed by atoms with E-state index in [0.717, 1.165) is 5.56 Å². The van der Waals surface area contributed by atoms with Gasteiger partial charge in [-0.15, -0.1) is 0 Å². The third kappa shape index (κ3) is 7.77. The van der Waals surface area contributed by atoms with Gasteiger partial charge < -0.3 is 14.2 Å². The van der Waals surface area contributed by atoms with Crippen LogP contribution in [0.25, 0.3) is 0 Å². The van der Waals surface area contributed by atoms with E-state index in [2.05, 4.69) is 0 Å². The molecule has 184 valence electrons. The van der Waals surface area contributed by atoms with Crippen LogP contribution in [-0.2, 0) is 42.0 Å². The summed E-state index contributed by atoms with van der Waals surface area (Å²) in [6.45, 7) is 11.9. The maximum absolute atomic E-state index is 13.6. The van der Waals surface area contributed by atoms with Crippen molar-refractivity contribution in [2.24, 2.45) is 0 Å². The number of benzene rings is 1. The lowest BCUT2D eigenvalue weighted by Gasteiger charge is -2.33. The van der Waals surface area contributed by atoms with E-state index in [1.807, 2.05) is 6.92 Å². The first-order chi connectivity index (χ1) is 14.6. The molecule has 0 aliphatic carbocycles. The zero-order chi connectivity index (χ0) is 24.9. The quantitative estimate of drug-likeness (QED) is 0.319. The summed E-state index contributed by atoms with van der Waals surface area (Å²) in [5, 5.41) is 9.41. The molecule has 1 aromatic carbocycles. The molecule has 1 aromatic rings. The average Bonchev–Trinajstić information content (AvgIpc) is 2.62. The van der Waals surface area contributed by atoms with Crippen LogP contribution in [0.3, 0.4) is 0 Å². The Morgan fingerprint density at radius 2 is 1.50 bits per heavy atom. The Morgan fingerprint density at radius 3 is 1.91 bits per heavy atom. The van der Waals surface area contributed by atoms with Gasteiger partial charge in [-0.05, 0) is 45.7 Å². The van der Waals surface area contributed by atoms with Gasteiger partial charge in [-0.3, -0.25) is 22.9 Å². The van der Waals surface area contributed by atoms with E-state index >= 15 is 0 Å². The molecule has 0 radical (unpaired) electrons. The second-order valence-electron chi connectivity index (χ2n) is 8.66. The normalized spacial score (nSPS) is 14.2. The maximum Gasteiger partial charge on any atom is 0.476 e. The van der Waals surface area contributed by atoms with Crippen molar-refractivity contribution in [2.75, 3.05) is 14.2 Å². The van der Waals surface area contributed by atoms with Gasteiger partial charge in [0.15, 0.2) is 5.85 Å². The molecular formula is C21H36O9P2. The number of phosphoric ester groups is 1. The molecule has 0 saturated carbocycles. The molecule has 0 bridgehead atoms. The first kappa shape index (κ1) is 29.0. The minimum atomic E-state index is -4.24. The third-order valence-corrected chi connectivity index (χ3v) is 8.47. The third-order valence-electron chi connectivity index (χ3n) is 4.50. The molecule has 1 rings (SSSR count). The summed E-state index contributed by atoms with van der Waals surface area (Å²) >= 11 is 0. The molecule has 1 N–H and O–H groups in total. The molecule has 1 atom stereocenters. The highest BCUT2D eigenvalue weighted by Gasteiger charge is 2.46. The van der Waals surface area contributed by atoms with Crippen molar-refractivity contribution < 1.29 is 41.6 Å². The van der Waals surface area contributed by atoms with E-state index in [9.17, 15) is 19.0 Å². The standard InChI is InChI=1S/C21H36O9P2/c1-14(2)28-32(25,29-15(3)4)30-20(31(24,26-8)27-9)17-12-16(5)10-11-18(17)21(6,7)13-19(22)23/h10-12,14-15,20H,13H2,1-9H3,(H,22,23). The average molecular weight is 494 g/mol. The fraction of sp³-hybridized carbons (Fsp3) is 0.667. The summed E-state index contributed by atoms with van der Waals surface area (Å²) in [7, 11) is -5.91. The Bertz CT molecular complexity index is 858. The van der Waals surface area contributed by atoms with Crippen molar-refractivity contribution in [3.05, 3.63) is 34.9 Å². The Balaban J connectivity index is 3.78. The molecule has 0 heterocycles. The SMILES string of the molecule is COP(=O)(OC)C(OP(=O)(OC(C)C)OC(C)C)c1cc(C)ccc1C(C)(C)CC(=O)O. The Hall–Kier alpha value is -1.05.